The fourth-order valence-electron chi connectivity index (χ4n) is 6.33. The van der Waals surface area contributed by atoms with Crippen LogP contribution in [0.25, 0.3) is 10.9 Å². The van der Waals surface area contributed by atoms with Crippen LogP contribution in [0.2, 0.25) is 0 Å². The van der Waals surface area contributed by atoms with Gasteiger partial charge in [0, 0.05) is 54.9 Å². The van der Waals surface area contributed by atoms with Crippen molar-refractivity contribution in [3.63, 3.8) is 0 Å². The minimum atomic E-state index is -0.386. The van der Waals surface area contributed by atoms with Crippen molar-refractivity contribution in [2.75, 3.05) is 45.0 Å². The molecular weight excluding hydrogens is 510 g/mol. The molecule has 1 aliphatic carbocycles. The molecule has 2 aromatic carbocycles. The second-order valence-corrected chi connectivity index (χ2v) is 10.7. The van der Waals surface area contributed by atoms with E-state index in [1.807, 2.05) is 35.0 Å². The second kappa shape index (κ2) is 10.5. The Morgan fingerprint density at radius 1 is 1.00 bits per heavy atom. The van der Waals surface area contributed by atoms with E-state index in [2.05, 4.69) is 42.4 Å². The van der Waals surface area contributed by atoms with Crippen LogP contribution < -0.4 is 24.7 Å². The molecule has 208 valence electrons. The van der Waals surface area contributed by atoms with E-state index in [0.717, 1.165) is 74.5 Å². The number of tetrazole rings is 1. The monoisotopic (exact) mass is 543 g/mol. The SMILES string of the molecule is COc1cccc(N2CCN(C(c3cc4cc5c(cc4[nH]c3=O)OCO5)c3nnnn3C3CCCCC3)CC2)c1. The van der Waals surface area contributed by atoms with E-state index < -0.39 is 0 Å². The third kappa shape index (κ3) is 4.53. The summed E-state index contributed by atoms with van der Waals surface area (Å²) in [5.74, 6) is 2.89. The lowest BCUT2D eigenvalue weighted by Gasteiger charge is -2.40. The number of nitrogens with zero attached hydrogens (tertiary/aromatic N) is 6. The van der Waals surface area contributed by atoms with Gasteiger partial charge in [0.25, 0.3) is 5.56 Å². The molecule has 4 heterocycles. The Morgan fingerprint density at radius 3 is 2.60 bits per heavy atom. The maximum absolute atomic E-state index is 13.7. The molecule has 1 N–H and O–H groups in total. The number of piperazine rings is 1. The van der Waals surface area contributed by atoms with Crippen LogP contribution in [0.1, 0.15) is 55.6 Å². The molecular formula is C29H33N7O4. The van der Waals surface area contributed by atoms with Crippen molar-refractivity contribution in [2.45, 2.75) is 44.2 Å². The van der Waals surface area contributed by atoms with Crippen molar-refractivity contribution in [1.29, 1.82) is 0 Å². The number of anilines is 1. The van der Waals surface area contributed by atoms with Crippen molar-refractivity contribution in [3.05, 3.63) is 64.2 Å². The van der Waals surface area contributed by atoms with E-state index >= 15 is 0 Å². The first kappa shape index (κ1) is 24.9. The molecule has 0 spiro atoms. The molecule has 40 heavy (non-hydrogen) atoms. The predicted octanol–water partition coefficient (Wildman–Crippen LogP) is 3.67. The highest BCUT2D eigenvalue weighted by Gasteiger charge is 2.34. The number of H-pyrrole nitrogens is 1. The van der Waals surface area contributed by atoms with Crippen molar-refractivity contribution in [2.24, 2.45) is 0 Å². The number of nitrogens with one attached hydrogen (secondary N) is 1. The average Bonchev–Trinajstić information content (AvgIpc) is 3.67. The van der Waals surface area contributed by atoms with Crippen molar-refractivity contribution in [3.8, 4) is 17.2 Å². The van der Waals surface area contributed by atoms with Crippen LogP contribution in [0.15, 0.2) is 47.3 Å². The Hall–Kier alpha value is -4.12. The van der Waals surface area contributed by atoms with Gasteiger partial charge in [0.2, 0.25) is 6.79 Å². The number of aromatic nitrogens is 5. The normalized spacial score (nSPS) is 18.8. The highest BCUT2D eigenvalue weighted by atomic mass is 16.7. The highest BCUT2D eigenvalue weighted by Crippen LogP contribution is 2.37. The van der Waals surface area contributed by atoms with E-state index in [9.17, 15) is 4.79 Å². The first-order valence-corrected chi connectivity index (χ1v) is 14.1. The molecule has 0 bridgehead atoms. The number of ether oxygens (including phenoxy) is 3. The summed E-state index contributed by atoms with van der Waals surface area (Å²) >= 11 is 0. The summed E-state index contributed by atoms with van der Waals surface area (Å²) in [5.41, 5.74) is 2.33. The van der Waals surface area contributed by atoms with Crippen LogP contribution in [-0.2, 0) is 0 Å². The summed E-state index contributed by atoms with van der Waals surface area (Å²) in [4.78, 5) is 21.5. The predicted molar refractivity (Wildman–Crippen MR) is 149 cm³/mol. The van der Waals surface area contributed by atoms with E-state index in [0.29, 0.717) is 22.6 Å². The van der Waals surface area contributed by atoms with Crippen LogP contribution >= 0.6 is 0 Å². The molecule has 3 aliphatic rings. The number of benzene rings is 2. The number of fused-ring (bicyclic) bond motifs is 2. The first-order valence-electron chi connectivity index (χ1n) is 14.1. The maximum Gasteiger partial charge on any atom is 0.253 e. The van der Waals surface area contributed by atoms with Crippen molar-refractivity contribution < 1.29 is 14.2 Å². The molecule has 1 atom stereocenters. The quantitative estimate of drug-likeness (QED) is 0.389. The number of aromatic amines is 1. The summed E-state index contributed by atoms with van der Waals surface area (Å²) in [6, 6.07) is 13.7. The van der Waals surface area contributed by atoms with Gasteiger partial charge in [-0.25, -0.2) is 4.68 Å². The third-order valence-electron chi connectivity index (χ3n) is 8.44. The number of hydrogen-bond donors (Lipinski definition) is 1. The largest absolute Gasteiger partial charge is 0.497 e. The number of pyridine rings is 1. The average molecular weight is 544 g/mol. The Kier molecular flexibility index (Phi) is 6.51. The Labute approximate surface area is 231 Å². The van der Waals surface area contributed by atoms with Crippen molar-refractivity contribution >= 4 is 16.6 Å². The lowest BCUT2D eigenvalue weighted by atomic mass is 9.95. The summed E-state index contributed by atoms with van der Waals surface area (Å²) in [5, 5.41) is 14.0. The summed E-state index contributed by atoms with van der Waals surface area (Å²) in [6.07, 6.45) is 5.66. The van der Waals surface area contributed by atoms with Gasteiger partial charge in [-0.2, -0.15) is 0 Å². The molecule has 0 amide bonds. The number of rotatable bonds is 6. The molecule has 2 aromatic heterocycles. The summed E-state index contributed by atoms with van der Waals surface area (Å²) in [7, 11) is 1.69. The maximum atomic E-state index is 13.7. The molecule has 1 saturated carbocycles. The number of methoxy groups -OCH3 is 1. The second-order valence-electron chi connectivity index (χ2n) is 10.7. The zero-order valence-corrected chi connectivity index (χ0v) is 22.6. The molecule has 11 heteroatoms. The van der Waals surface area contributed by atoms with E-state index in [-0.39, 0.29) is 24.4 Å². The minimum Gasteiger partial charge on any atom is -0.497 e. The topological polar surface area (TPSA) is 111 Å². The van der Waals surface area contributed by atoms with Gasteiger partial charge in [-0.15, -0.1) is 5.10 Å². The number of hydrogen-bond acceptors (Lipinski definition) is 9. The van der Waals surface area contributed by atoms with Crippen LogP contribution in [0.5, 0.6) is 17.2 Å². The van der Waals surface area contributed by atoms with Crippen molar-refractivity contribution in [1.82, 2.24) is 30.1 Å². The van der Waals surface area contributed by atoms with Gasteiger partial charge in [0.05, 0.1) is 18.7 Å². The molecule has 0 radical (unpaired) electrons. The molecule has 1 unspecified atom stereocenters. The lowest BCUT2D eigenvalue weighted by molar-refractivity contribution is 0.174. The molecule has 1 saturated heterocycles. The van der Waals surface area contributed by atoms with Crippen LogP contribution in [-0.4, -0.2) is 70.2 Å². The van der Waals surface area contributed by atoms with Gasteiger partial charge in [-0.3, -0.25) is 9.69 Å². The van der Waals surface area contributed by atoms with E-state index in [1.54, 1.807) is 7.11 Å². The molecule has 11 nitrogen and oxygen atoms in total. The van der Waals surface area contributed by atoms with Crippen LogP contribution in [0.3, 0.4) is 0 Å². The molecule has 7 rings (SSSR count). The summed E-state index contributed by atoms with van der Waals surface area (Å²) < 4.78 is 18.6. The zero-order valence-electron chi connectivity index (χ0n) is 22.6. The fourth-order valence-corrected chi connectivity index (χ4v) is 6.33. The Balaban J connectivity index is 1.26. The molecule has 2 fully saturated rings. The van der Waals surface area contributed by atoms with Gasteiger partial charge >= 0.3 is 0 Å². The Morgan fingerprint density at radius 2 is 1.80 bits per heavy atom. The third-order valence-corrected chi connectivity index (χ3v) is 8.44. The molecule has 4 aromatic rings. The van der Waals surface area contributed by atoms with Crippen LogP contribution in [0, 0.1) is 0 Å². The highest BCUT2D eigenvalue weighted by molar-refractivity contribution is 5.83. The lowest BCUT2D eigenvalue weighted by Crippen LogP contribution is -2.49. The summed E-state index contributed by atoms with van der Waals surface area (Å²) in [6.45, 7) is 3.28. The zero-order chi connectivity index (χ0) is 27.1. The van der Waals surface area contributed by atoms with E-state index in [4.69, 9.17) is 14.2 Å². The fraction of sp³-hybridized carbons (Fsp3) is 0.448. The van der Waals surface area contributed by atoms with Gasteiger partial charge in [0.15, 0.2) is 17.3 Å². The standard InChI is InChI=1S/C29H33N7O4/c1-38-22-9-5-8-21(16-22)34-10-12-35(13-11-34)27(28-31-32-33-36(28)20-6-3-2-4-7-20)23-14-19-15-25-26(40-18-39-25)17-24(19)30-29(23)37/h5,8-9,14-17,20,27H,2-4,6-7,10-13,18H2,1H3,(H,30,37). The van der Waals surface area contributed by atoms with Gasteiger partial charge < -0.3 is 24.1 Å². The minimum absolute atomic E-state index is 0.148. The first-order chi connectivity index (χ1) is 19.7. The molecule has 2 aliphatic heterocycles. The Bertz CT molecular complexity index is 1570. The van der Waals surface area contributed by atoms with E-state index in [1.165, 1.54) is 6.42 Å². The van der Waals surface area contributed by atoms with Gasteiger partial charge in [-0.05, 0) is 47.5 Å². The van der Waals surface area contributed by atoms with Gasteiger partial charge in [0.1, 0.15) is 11.8 Å². The van der Waals surface area contributed by atoms with Gasteiger partial charge in [-0.1, -0.05) is 25.3 Å². The smallest absolute Gasteiger partial charge is 0.253 e. The van der Waals surface area contributed by atoms with Crippen LogP contribution in [0.4, 0.5) is 5.69 Å².